The number of rotatable bonds is 5. The van der Waals surface area contributed by atoms with Crippen LogP contribution in [0.1, 0.15) is 36.8 Å². The van der Waals surface area contributed by atoms with Crippen LogP contribution in [0.15, 0.2) is 36.5 Å². The van der Waals surface area contributed by atoms with Crippen molar-refractivity contribution in [2.75, 3.05) is 24.1 Å². The molecule has 1 saturated carbocycles. The average Bonchev–Trinajstić information content (AvgIpc) is 3.53. The average molecular weight is 500 g/mol. The Hall–Kier alpha value is -3.34. The zero-order valence-corrected chi connectivity index (χ0v) is 19.7. The number of pyridine rings is 1. The van der Waals surface area contributed by atoms with Gasteiger partial charge in [-0.3, -0.25) is 4.90 Å². The Kier molecular flexibility index (Phi) is 5.74. The lowest BCUT2D eigenvalue weighted by molar-refractivity contribution is -0.274. The number of nitrogens with one attached hydrogen (secondary N) is 1. The lowest BCUT2D eigenvalue weighted by atomic mass is 9.93. The molecule has 11 heteroatoms. The first-order valence-electron chi connectivity index (χ1n) is 12.4. The summed E-state index contributed by atoms with van der Waals surface area (Å²) in [4.78, 5) is 11.0. The number of benzene rings is 1. The molecule has 2 bridgehead atoms. The molecular weight excluding hydrogens is 471 g/mol. The highest BCUT2D eigenvalue weighted by Crippen LogP contribution is 2.44. The Bertz CT molecular complexity index is 1240. The van der Waals surface area contributed by atoms with Crippen molar-refractivity contribution in [3.63, 3.8) is 0 Å². The number of nitrogen functional groups attached to an aromatic ring is 1. The number of alkyl halides is 3. The molecule has 2 fully saturated rings. The van der Waals surface area contributed by atoms with Crippen LogP contribution in [0.5, 0.6) is 5.75 Å². The normalized spacial score (nSPS) is 23.9. The van der Waals surface area contributed by atoms with Crippen molar-refractivity contribution in [1.29, 1.82) is 0 Å². The van der Waals surface area contributed by atoms with E-state index in [1.807, 2.05) is 6.07 Å². The van der Waals surface area contributed by atoms with Crippen molar-refractivity contribution in [1.82, 2.24) is 24.6 Å². The number of hydrogen-bond acceptors (Lipinski definition) is 7. The Morgan fingerprint density at radius 3 is 2.44 bits per heavy atom. The molecule has 3 heterocycles. The maximum Gasteiger partial charge on any atom is 0.573 e. The highest BCUT2D eigenvalue weighted by Gasteiger charge is 2.42. The summed E-state index contributed by atoms with van der Waals surface area (Å²) in [7, 11) is 0. The molecule has 2 aromatic heterocycles. The number of aromatic nitrogens is 4. The minimum absolute atomic E-state index is 0.0648. The summed E-state index contributed by atoms with van der Waals surface area (Å²) in [5.74, 6) is 1.60. The van der Waals surface area contributed by atoms with Crippen molar-refractivity contribution < 1.29 is 17.9 Å². The summed E-state index contributed by atoms with van der Waals surface area (Å²) in [6.45, 7) is 2.48. The molecule has 0 spiro atoms. The third-order valence-corrected chi connectivity index (χ3v) is 7.67. The quantitative estimate of drug-likeness (QED) is 0.535. The van der Waals surface area contributed by atoms with E-state index in [0.29, 0.717) is 12.0 Å². The van der Waals surface area contributed by atoms with Gasteiger partial charge in [0.1, 0.15) is 5.75 Å². The summed E-state index contributed by atoms with van der Waals surface area (Å²) in [6, 6.07) is 9.63. The Balaban J connectivity index is 1.18. The van der Waals surface area contributed by atoms with Crippen molar-refractivity contribution in [3.05, 3.63) is 47.7 Å². The molecule has 0 radical (unpaired) electrons. The third kappa shape index (κ3) is 4.59. The Morgan fingerprint density at radius 1 is 1.00 bits per heavy atom. The second-order valence-electron chi connectivity index (χ2n) is 9.95. The van der Waals surface area contributed by atoms with Gasteiger partial charge in [-0.25, -0.2) is 4.98 Å². The van der Waals surface area contributed by atoms with Gasteiger partial charge in [0.25, 0.3) is 0 Å². The molecule has 3 unspecified atom stereocenters. The van der Waals surface area contributed by atoms with E-state index in [4.69, 9.17) is 5.73 Å². The van der Waals surface area contributed by atoms with Gasteiger partial charge in [0.2, 0.25) is 11.9 Å². The molecule has 3 aliphatic rings. The fourth-order valence-electron chi connectivity index (χ4n) is 6.26. The lowest BCUT2D eigenvalue weighted by Gasteiger charge is -2.32. The third-order valence-electron chi connectivity index (χ3n) is 7.67. The van der Waals surface area contributed by atoms with Crippen LogP contribution >= 0.6 is 0 Å². The largest absolute Gasteiger partial charge is 0.573 e. The molecule has 3 N–H and O–H groups in total. The van der Waals surface area contributed by atoms with E-state index in [2.05, 4.69) is 42.2 Å². The van der Waals surface area contributed by atoms with E-state index >= 15 is 0 Å². The van der Waals surface area contributed by atoms with Crippen LogP contribution in [0.2, 0.25) is 0 Å². The van der Waals surface area contributed by atoms with Crippen molar-refractivity contribution in [2.24, 2.45) is 11.8 Å². The van der Waals surface area contributed by atoms with E-state index < -0.39 is 12.1 Å². The number of ether oxygens (including phenoxy) is 1. The standard InChI is InChI=1S/C25H28F3N7O/c26-25(27,28)36-20-7-8-21(30-14-20)35-23(29)32-24(33-35)31-19-6-5-15-11-16-3-4-17(12-18(15)13-19)22(16)34-9-1-2-10-34/h5-8,13-14,16-17,22H,1-4,9-12H2,(H3,29,31,32,33). The topological polar surface area (TPSA) is 94.1 Å². The molecule has 3 aromatic rings. The van der Waals surface area contributed by atoms with Gasteiger partial charge in [0.05, 0.1) is 6.20 Å². The maximum absolute atomic E-state index is 12.4. The van der Waals surface area contributed by atoms with Gasteiger partial charge in [-0.2, -0.15) is 9.67 Å². The second-order valence-corrected chi connectivity index (χ2v) is 9.95. The van der Waals surface area contributed by atoms with E-state index in [-0.39, 0.29) is 17.7 Å². The molecule has 1 aliphatic heterocycles. The first kappa shape index (κ1) is 23.1. The minimum atomic E-state index is -4.78. The first-order chi connectivity index (χ1) is 17.3. The highest BCUT2D eigenvalue weighted by atomic mass is 19.4. The van der Waals surface area contributed by atoms with E-state index in [1.54, 1.807) is 0 Å². The number of halogens is 3. The molecule has 3 atom stereocenters. The van der Waals surface area contributed by atoms with Gasteiger partial charge in [-0.15, -0.1) is 18.3 Å². The molecule has 1 saturated heterocycles. The molecule has 2 aliphatic carbocycles. The predicted molar refractivity (Wildman–Crippen MR) is 128 cm³/mol. The zero-order valence-electron chi connectivity index (χ0n) is 19.7. The number of hydrogen-bond donors (Lipinski definition) is 2. The van der Waals surface area contributed by atoms with E-state index in [9.17, 15) is 13.2 Å². The zero-order chi connectivity index (χ0) is 24.9. The number of nitrogens with two attached hydrogens (primary N) is 1. The van der Waals surface area contributed by atoms with E-state index in [0.717, 1.165) is 36.7 Å². The molecule has 190 valence electrons. The number of anilines is 3. The Labute approximate surface area is 206 Å². The molecule has 1 aromatic carbocycles. The minimum Gasteiger partial charge on any atom is -0.404 e. The van der Waals surface area contributed by atoms with Crippen LogP contribution in [0.4, 0.5) is 30.8 Å². The van der Waals surface area contributed by atoms with Gasteiger partial charge in [-0.05, 0) is 98.8 Å². The van der Waals surface area contributed by atoms with Crippen molar-refractivity contribution in [3.8, 4) is 11.6 Å². The van der Waals surface area contributed by atoms with Crippen LogP contribution in [0.25, 0.3) is 5.82 Å². The number of likely N-dealkylation sites (tertiary alicyclic amines) is 1. The molecule has 8 nitrogen and oxygen atoms in total. The second kappa shape index (κ2) is 8.95. The summed E-state index contributed by atoms with van der Waals surface area (Å²) in [5, 5.41) is 7.57. The predicted octanol–water partition coefficient (Wildman–Crippen LogP) is 4.48. The summed E-state index contributed by atoms with van der Waals surface area (Å²) in [6.07, 6.45) is 3.66. The fourth-order valence-corrected chi connectivity index (χ4v) is 6.26. The van der Waals surface area contributed by atoms with Gasteiger partial charge in [0.15, 0.2) is 5.82 Å². The van der Waals surface area contributed by atoms with Gasteiger partial charge in [0, 0.05) is 11.7 Å². The van der Waals surface area contributed by atoms with E-state index in [1.165, 1.54) is 60.6 Å². The first-order valence-corrected chi connectivity index (χ1v) is 12.4. The molecule has 6 rings (SSSR count). The summed E-state index contributed by atoms with van der Waals surface area (Å²) >= 11 is 0. The number of nitrogens with zero attached hydrogens (tertiary/aromatic N) is 5. The summed E-state index contributed by atoms with van der Waals surface area (Å²) < 4.78 is 42.3. The van der Waals surface area contributed by atoms with Crippen molar-refractivity contribution >= 4 is 17.6 Å². The van der Waals surface area contributed by atoms with Crippen LogP contribution in [-0.2, 0) is 12.8 Å². The van der Waals surface area contributed by atoms with Gasteiger partial charge in [-0.1, -0.05) is 6.07 Å². The Morgan fingerprint density at radius 2 is 1.75 bits per heavy atom. The highest BCUT2D eigenvalue weighted by molar-refractivity contribution is 5.57. The summed E-state index contributed by atoms with van der Waals surface area (Å²) in [5.41, 5.74) is 9.70. The number of fused-ring (bicyclic) bond motifs is 3. The fraction of sp³-hybridized carbons (Fsp3) is 0.480. The van der Waals surface area contributed by atoms with Crippen LogP contribution in [-0.4, -0.2) is 50.1 Å². The van der Waals surface area contributed by atoms with Crippen LogP contribution in [0.3, 0.4) is 0 Å². The van der Waals surface area contributed by atoms with Crippen LogP contribution in [0, 0.1) is 11.8 Å². The molecule has 0 amide bonds. The van der Waals surface area contributed by atoms with Crippen molar-refractivity contribution in [2.45, 2.75) is 50.9 Å². The molecular formula is C25H28F3N7O. The SMILES string of the molecule is Nc1nc(Nc2ccc3c(c2)CC2CCC(C3)C2N2CCCC2)nn1-c1ccc(OC(F)(F)F)cn1. The van der Waals surface area contributed by atoms with Gasteiger partial charge < -0.3 is 15.8 Å². The smallest absolute Gasteiger partial charge is 0.404 e. The lowest BCUT2D eigenvalue weighted by Crippen LogP contribution is -2.40. The van der Waals surface area contributed by atoms with Crippen LogP contribution < -0.4 is 15.8 Å². The monoisotopic (exact) mass is 499 g/mol. The molecule has 36 heavy (non-hydrogen) atoms. The maximum atomic E-state index is 12.4. The van der Waals surface area contributed by atoms with Gasteiger partial charge >= 0.3 is 6.36 Å².